The first-order chi connectivity index (χ1) is 11.5. The van der Waals surface area contributed by atoms with E-state index in [1.165, 1.54) is 0 Å². The molecule has 1 fully saturated rings. The third-order valence-corrected chi connectivity index (χ3v) is 4.62. The van der Waals surface area contributed by atoms with Crippen molar-refractivity contribution < 1.29 is 9.59 Å². The summed E-state index contributed by atoms with van der Waals surface area (Å²) >= 11 is 0. The zero-order valence-corrected chi connectivity index (χ0v) is 14.1. The molecular formula is C17H23N5O2. The van der Waals surface area contributed by atoms with Gasteiger partial charge in [0.05, 0.1) is 17.0 Å². The van der Waals surface area contributed by atoms with E-state index in [9.17, 15) is 9.59 Å². The maximum Gasteiger partial charge on any atom is 0.242 e. The molecule has 0 aliphatic carbocycles. The highest BCUT2D eigenvalue weighted by Crippen LogP contribution is 2.16. The van der Waals surface area contributed by atoms with Gasteiger partial charge in [-0.15, -0.1) is 0 Å². The number of aryl methyl sites for hydroxylation is 1. The summed E-state index contributed by atoms with van der Waals surface area (Å²) in [5.41, 5.74) is 7.31. The lowest BCUT2D eigenvalue weighted by Crippen LogP contribution is -2.41. The van der Waals surface area contributed by atoms with Crippen molar-refractivity contribution in [3.63, 3.8) is 0 Å². The molecule has 2 N–H and O–H groups in total. The van der Waals surface area contributed by atoms with Crippen molar-refractivity contribution in [3.8, 4) is 0 Å². The molecule has 3 rings (SSSR count). The van der Waals surface area contributed by atoms with Gasteiger partial charge in [0.2, 0.25) is 11.8 Å². The van der Waals surface area contributed by atoms with Gasteiger partial charge in [-0.25, -0.2) is 4.98 Å². The average molecular weight is 329 g/mol. The quantitative estimate of drug-likeness (QED) is 0.873. The van der Waals surface area contributed by atoms with Crippen molar-refractivity contribution in [2.75, 3.05) is 33.2 Å². The average Bonchev–Trinajstić information content (AvgIpc) is 2.72. The van der Waals surface area contributed by atoms with Gasteiger partial charge in [0, 0.05) is 26.2 Å². The van der Waals surface area contributed by atoms with E-state index < -0.39 is 0 Å². The van der Waals surface area contributed by atoms with Crippen LogP contribution >= 0.6 is 0 Å². The number of carbonyl (C=O) groups is 2. The molecule has 1 atom stereocenters. The highest BCUT2D eigenvalue weighted by Gasteiger charge is 2.27. The van der Waals surface area contributed by atoms with E-state index >= 15 is 0 Å². The van der Waals surface area contributed by atoms with Gasteiger partial charge < -0.3 is 20.1 Å². The van der Waals surface area contributed by atoms with E-state index in [1.54, 1.807) is 4.90 Å². The molecular weight excluding hydrogens is 306 g/mol. The predicted molar refractivity (Wildman–Crippen MR) is 91.2 cm³/mol. The molecule has 1 aliphatic rings. The molecule has 0 radical (unpaired) electrons. The Morgan fingerprint density at radius 3 is 2.75 bits per heavy atom. The summed E-state index contributed by atoms with van der Waals surface area (Å²) in [6.45, 7) is 4.43. The lowest BCUT2D eigenvalue weighted by atomic mass is 10.1. The summed E-state index contributed by atoms with van der Waals surface area (Å²) in [6, 6.07) is 7.77. The van der Waals surface area contributed by atoms with Gasteiger partial charge in [0.25, 0.3) is 0 Å². The zero-order chi connectivity index (χ0) is 17.3. The van der Waals surface area contributed by atoms with Gasteiger partial charge in [0.15, 0.2) is 0 Å². The molecule has 2 aromatic rings. The number of nitrogens with zero attached hydrogens (tertiary/aromatic N) is 4. The molecule has 0 spiro atoms. The maximum absolute atomic E-state index is 12.8. The van der Waals surface area contributed by atoms with Crippen LogP contribution in [0.1, 0.15) is 5.82 Å². The highest BCUT2D eigenvalue weighted by atomic mass is 16.2. The number of benzene rings is 1. The number of imidazole rings is 1. The maximum atomic E-state index is 12.8. The first-order valence-electron chi connectivity index (χ1n) is 8.13. The predicted octanol–water partition coefficient (Wildman–Crippen LogP) is 0.220. The molecule has 24 heavy (non-hydrogen) atoms. The van der Waals surface area contributed by atoms with Crippen LogP contribution in [0.25, 0.3) is 11.0 Å². The highest BCUT2D eigenvalue weighted by molar-refractivity contribution is 5.82. The van der Waals surface area contributed by atoms with Gasteiger partial charge in [0.1, 0.15) is 12.4 Å². The fourth-order valence-electron chi connectivity index (χ4n) is 3.21. The van der Waals surface area contributed by atoms with Crippen LogP contribution in [-0.4, -0.2) is 64.4 Å². The number of para-hydroxylation sites is 2. The number of carbonyl (C=O) groups excluding carboxylic acids is 2. The van der Waals surface area contributed by atoms with Crippen LogP contribution in [-0.2, 0) is 16.1 Å². The molecule has 0 saturated carbocycles. The summed E-state index contributed by atoms with van der Waals surface area (Å²) in [4.78, 5) is 32.7. The molecule has 2 amide bonds. The zero-order valence-electron chi connectivity index (χ0n) is 14.1. The number of likely N-dealkylation sites (N-methyl/N-ethyl adjacent to an activating group) is 1. The topological polar surface area (TPSA) is 84.5 Å². The molecule has 2 heterocycles. The van der Waals surface area contributed by atoms with Crippen molar-refractivity contribution in [3.05, 3.63) is 30.1 Å². The number of hydrogen-bond acceptors (Lipinski definition) is 4. The van der Waals surface area contributed by atoms with Gasteiger partial charge >= 0.3 is 0 Å². The van der Waals surface area contributed by atoms with Crippen LogP contribution in [0.3, 0.4) is 0 Å². The van der Waals surface area contributed by atoms with Crippen LogP contribution in [0.4, 0.5) is 0 Å². The molecule has 1 aromatic carbocycles. The molecule has 0 unspecified atom stereocenters. The summed E-state index contributed by atoms with van der Waals surface area (Å²) in [6.07, 6.45) is 0. The van der Waals surface area contributed by atoms with E-state index in [1.807, 2.05) is 47.7 Å². The number of rotatable bonds is 3. The largest absolute Gasteiger partial charge is 0.369 e. The summed E-state index contributed by atoms with van der Waals surface area (Å²) in [7, 11) is 1.94. The molecule has 1 saturated heterocycles. The number of hydrogen-bond donors (Lipinski definition) is 1. The number of fused-ring (bicyclic) bond motifs is 1. The Kier molecular flexibility index (Phi) is 4.53. The van der Waals surface area contributed by atoms with Crippen molar-refractivity contribution in [2.24, 2.45) is 11.7 Å². The molecule has 7 heteroatoms. The van der Waals surface area contributed by atoms with Crippen LogP contribution in [0.15, 0.2) is 24.3 Å². The molecule has 0 bridgehead atoms. The van der Waals surface area contributed by atoms with Gasteiger partial charge in [-0.3, -0.25) is 9.59 Å². The van der Waals surface area contributed by atoms with Gasteiger partial charge in [-0.05, 0) is 26.1 Å². The van der Waals surface area contributed by atoms with E-state index in [0.717, 1.165) is 23.4 Å². The van der Waals surface area contributed by atoms with Crippen molar-refractivity contribution in [1.29, 1.82) is 0 Å². The monoisotopic (exact) mass is 329 g/mol. The number of amides is 2. The van der Waals surface area contributed by atoms with E-state index in [-0.39, 0.29) is 24.3 Å². The fourth-order valence-corrected chi connectivity index (χ4v) is 3.21. The van der Waals surface area contributed by atoms with Crippen molar-refractivity contribution in [1.82, 2.24) is 19.4 Å². The van der Waals surface area contributed by atoms with E-state index in [2.05, 4.69) is 4.98 Å². The second-order valence-corrected chi connectivity index (χ2v) is 6.44. The third kappa shape index (κ3) is 3.26. The molecule has 7 nitrogen and oxygen atoms in total. The van der Waals surface area contributed by atoms with Crippen molar-refractivity contribution in [2.45, 2.75) is 13.5 Å². The van der Waals surface area contributed by atoms with Crippen molar-refractivity contribution >= 4 is 22.8 Å². The minimum Gasteiger partial charge on any atom is -0.369 e. The van der Waals surface area contributed by atoms with Crippen LogP contribution in [0.5, 0.6) is 0 Å². The fraction of sp³-hybridized carbons (Fsp3) is 0.471. The molecule has 1 aliphatic heterocycles. The van der Waals surface area contributed by atoms with Gasteiger partial charge in [-0.1, -0.05) is 12.1 Å². The van der Waals surface area contributed by atoms with Gasteiger partial charge in [-0.2, -0.15) is 0 Å². The Morgan fingerprint density at radius 1 is 1.25 bits per heavy atom. The molecule has 1 aromatic heterocycles. The first kappa shape index (κ1) is 16.4. The lowest BCUT2D eigenvalue weighted by Gasteiger charge is -2.23. The minimum atomic E-state index is -0.356. The standard InChI is InChI=1S/C17H23N5O2/c1-12-19-14-5-3-4-6-15(14)22(12)11-16(23)21-8-7-20(2)9-13(10-21)17(18)24/h3-6,13H,7-11H2,1-2H3,(H2,18,24)/t13-/m0/s1. The number of nitrogens with two attached hydrogens (primary N) is 1. The molecule has 128 valence electrons. The van der Waals surface area contributed by atoms with E-state index in [0.29, 0.717) is 19.6 Å². The number of primary amides is 1. The number of aromatic nitrogens is 2. The Balaban J connectivity index is 1.80. The SMILES string of the molecule is Cc1nc2ccccc2n1CC(=O)N1CCN(C)C[C@H](C(N)=O)C1. The lowest BCUT2D eigenvalue weighted by molar-refractivity contribution is -0.133. The summed E-state index contributed by atoms with van der Waals surface area (Å²) < 4.78 is 1.92. The van der Waals surface area contributed by atoms with Crippen LogP contribution in [0, 0.1) is 12.8 Å². The summed E-state index contributed by atoms with van der Waals surface area (Å²) in [5.74, 6) is 0.110. The normalized spacial score (nSPS) is 19.4. The first-order valence-corrected chi connectivity index (χ1v) is 8.13. The Bertz CT molecular complexity index is 769. The van der Waals surface area contributed by atoms with Crippen LogP contribution in [0.2, 0.25) is 0 Å². The summed E-state index contributed by atoms with van der Waals surface area (Å²) in [5, 5.41) is 0. The third-order valence-electron chi connectivity index (χ3n) is 4.62. The second kappa shape index (κ2) is 6.60. The smallest absolute Gasteiger partial charge is 0.242 e. The minimum absolute atomic E-state index is 0.0113. The second-order valence-electron chi connectivity index (χ2n) is 6.44. The Labute approximate surface area is 141 Å². The Hall–Kier alpha value is -2.41. The Morgan fingerprint density at radius 2 is 2.00 bits per heavy atom. The van der Waals surface area contributed by atoms with E-state index in [4.69, 9.17) is 5.73 Å². The van der Waals surface area contributed by atoms with Crippen LogP contribution < -0.4 is 5.73 Å².